The lowest BCUT2D eigenvalue weighted by Crippen LogP contribution is -2.50. The van der Waals surface area contributed by atoms with Gasteiger partial charge in [0.05, 0.1) is 0 Å². The summed E-state index contributed by atoms with van der Waals surface area (Å²) in [5, 5.41) is 2.94. The molecule has 1 rings (SSSR count). The van der Waals surface area contributed by atoms with Crippen LogP contribution >= 0.6 is 0 Å². The predicted octanol–water partition coefficient (Wildman–Crippen LogP) is 3.26. The lowest BCUT2D eigenvalue weighted by Gasteiger charge is -2.31. The van der Waals surface area contributed by atoms with E-state index in [-0.39, 0.29) is 23.7 Å². The Bertz CT molecular complexity index is 516. The number of rotatable bonds is 8. The van der Waals surface area contributed by atoms with E-state index in [0.29, 0.717) is 19.4 Å². The summed E-state index contributed by atoms with van der Waals surface area (Å²) >= 11 is 0. The summed E-state index contributed by atoms with van der Waals surface area (Å²) in [7, 11) is 0. The van der Waals surface area contributed by atoms with Crippen molar-refractivity contribution in [2.75, 3.05) is 0 Å². The van der Waals surface area contributed by atoms with Gasteiger partial charge in [0.2, 0.25) is 11.8 Å². The van der Waals surface area contributed by atoms with Crippen LogP contribution in [0.1, 0.15) is 52.5 Å². The molecule has 1 aromatic carbocycles. The molecule has 0 fully saturated rings. The molecule has 23 heavy (non-hydrogen) atoms. The van der Waals surface area contributed by atoms with Crippen molar-refractivity contribution in [3.8, 4) is 0 Å². The summed E-state index contributed by atoms with van der Waals surface area (Å²) in [6, 6.07) is 5.58. The number of amides is 2. The number of nitrogens with zero attached hydrogens (tertiary/aromatic N) is 1. The van der Waals surface area contributed by atoms with Gasteiger partial charge in [-0.25, -0.2) is 4.39 Å². The molecule has 2 atom stereocenters. The van der Waals surface area contributed by atoms with Gasteiger partial charge < -0.3 is 10.2 Å². The number of benzene rings is 1. The number of carbonyl (C=O) groups excluding carboxylic acids is 2. The predicted molar refractivity (Wildman–Crippen MR) is 89.2 cm³/mol. The zero-order valence-electron chi connectivity index (χ0n) is 14.4. The minimum atomic E-state index is -0.512. The molecule has 0 unspecified atom stereocenters. The van der Waals surface area contributed by atoms with E-state index in [1.807, 2.05) is 20.8 Å². The second-order valence-corrected chi connectivity index (χ2v) is 5.74. The fraction of sp³-hybridized carbons (Fsp3) is 0.556. The molecule has 0 saturated carbocycles. The summed E-state index contributed by atoms with van der Waals surface area (Å²) in [5.74, 6) is -0.532. The highest BCUT2D eigenvalue weighted by Crippen LogP contribution is 2.14. The fourth-order valence-corrected chi connectivity index (χ4v) is 2.35. The SMILES string of the molecule is CCC(=O)N(Cc1ccc(F)cc1)[C@@H](CC)C(=O)N[C@@H](C)CC. The molecule has 0 aliphatic rings. The summed E-state index contributed by atoms with van der Waals surface area (Å²) in [6.45, 7) is 7.91. The maximum Gasteiger partial charge on any atom is 0.243 e. The van der Waals surface area contributed by atoms with E-state index in [0.717, 1.165) is 12.0 Å². The van der Waals surface area contributed by atoms with Crippen LogP contribution in [-0.4, -0.2) is 28.8 Å². The molecule has 2 amide bonds. The standard InChI is InChI=1S/C18H27FN2O2/c1-5-13(4)20-18(23)16(6-2)21(17(22)7-3)12-14-8-10-15(19)11-9-14/h8-11,13,16H,5-7,12H2,1-4H3,(H,20,23)/t13-,16-/m0/s1. The van der Waals surface area contributed by atoms with Crippen molar-refractivity contribution in [2.45, 2.75) is 65.6 Å². The van der Waals surface area contributed by atoms with Crippen molar-refractivity contribution in [2.24, 2.45) is 0 Å². The summed E-state index contributed by atoms with van der Waals surface area (Å²) in [4.78, 5) is 26.4. The molecule has 1 N–H and O–H groups in total. The monoisotopic (exact) mass is 322 g/mol. The third-order valence-corrected chi connectivity index (χ3v) is 3.96. The van der Waals surface area contributed by atoms with Gasteiger partial charge in [-0.3, -0.25) is 9.59 Å². The van der Waals surface area contributed by atoms with Crippen molar-refractivity contribution in [1.82, 2.24) is 10.2 Å². The smallest absolute Gasteiger partial charge is 0.243 e. The van der Waals surface area contributed by atoms with Crippen molar-refractivity contribution in [1.29, 1.82) is 0 Å². The average molecular weight is 322 g/mol. The molecule has 0 aliphatic carbocycles. The number of hydrogen-bond donors (Lipinski definition) is 1. The lowest BCUT2D eigenvalue weighted by molar-refractivity contribution is -0.141. The van der Waals surface area contributed by atoms with Gasteiger partial charge in [0, 0.05) is 19.0 Å². The van der Waals surface area contributed by atoms with E-state index in [2.05, 4.69) is 5.32 Å². The molecule has 1 aromatic rings. The van der Waals surface area contributed by atoms with Gasteiger partial charge in [-0.2, -0.15) is 0 Å². The van der Waals surface area contributed by atoms with E-state index in [1.54, 1.807) is 24.0 Å². The first kappa shape index (κ1) is 19.1. The van der Waals surface area contributed by atoms with Crippen LogP contribution in [0.25, 0.3) is 0 Å². The van der Waals surface area contributed by atoms with Gasteiger partial charge in [-0.05, 0) is 37.5 Å². The van der Waals surface area contributed by atoms with Gasteiger partial charge in [0.15, 0.2) is 0 Å². The van der Waals surface area contributed by atoms with Gasteiger partial charge in [-0.15, -0.1) is 0 Å². The van der Waals surface area contributed by atoms with Crippen LogP contribution in [0.2, 0.25) is 0 Å². The zero-order chi connectivity index (χ0) is 17.4. The molecule has 0 aliphatic heterocycles. The number of halogens is 1. The topological polar surface area (TPSA) is 49.4 Å². The Kier molecular flexibility index (Phi) is 7.72. The molecule has 0 bridgehead atoms. The summed E-state index contributed by atoms with van der Waals surface area (Å²) < 4.78 is 13.0. The Labute approximate surface area is 138 Å². The summed E-state index contributed by atoms with van der Waals surface area (Å²) in [5.41, 5.74) is 0.808. The van der Waals surface area contributed by atoms with Gasteiger partial charge in [0.1, 0.15) is 11.9 Å². The molecule has 5 heteroatoms. The highest BCUT2D eigenvalue weighted by molar-refractivity contribution is 5.87. The lowest BCUT2D eigenvalue weighted by atomic mass is 10.1. The maximum absolute atomic E-state index is 13.0. The summed E-state index contributed by atoms with van der Waals surface area (Å²) in [6.07, 6.45) is 1.70. The Morgan fingerprint density at radius 3 is 2.22 bits per heavy atom. The third kappa shape index (κ3) is 5.66. The van der Waals surface area contributed by atoms with Gasteiger partial charge >= 0.3 is 0 Å². The van der Waals surface area contributed by atoms with Crippen LogP contribution in [0.15, 0.2) is 24.3 Å². The first-order valence-electron chi connectivity index (χ1n) is 8.27. The minimum Gasteiger partial charge on any atom is -0.352 e. The Morgan fingerprint density at radius 1 is 1.13 bits per heavy atom. The number of carbonyl (C=O) groups is 2. The average Bonchev–Trinajstić information content (AvgIpc) is 2.55. The Hall–Kier alpha value is -1.91. The number of nitrogens with one attached hydrogen (secondary N) is 1. The zero-order valence-corrected chi connectivity index (χ0v) is 14.4. The van der Waals surface area contributed by atoms with Crippen LogP contribution < -0.4 is 5.32 Å². The molecule has 0 saturated heterocycles. The van der Waals surface area contributed by atoms with Crippen molar-refractivity contribution >= 4 is 11.8 Å². The highest BCUT2D eigenvalue weighted by atomic mass is 19.1. The first-order valence-corrected chi connectivity index (χ1v) is 8.27. The Balaban J connectivity index is 2.95. The first-order chi connectivity index (χ1) is 10.9. The molecule has 0 heterocycles. The van der Waals surface area contributed by atoms with Crippen LogP contribution in [0.4, 0.5) is 4.39 Å². The highest BCUT2D eigenvalue weighted by Gasteiger charge is 2.28. The largest absolute Gasteiger partial charge is 0.352 e. The number of hydrogen-bond acceptors (Lipinski definition) is 2. The van der Waals surface area contributed by atoms with Gasteiger partial charge in [-0.1, -0.05) is 32.9 Å². The van der Waals surface area contributed by atoms with E-state index < -0.39 is 6.04 Å². The normalized spacial score (nSPS) is 13.3. The second-order valence-electron chi connectivity index (χ2n) is 5.74. The molecule has 0 radical (unpaired) electrons. The Morgan fingerprint density at radius 2 is 1.74 bits per heavy atom. The van der Waals surface area contributed by atoms with Crippen molar-refractivity contribution < 1.29 is 14.0 Å². The molecular formula is C18H27FN2O2. The molecular weight excluding hydrogens is 295 g/mol. The van der Waals surface area contributed by atoms with Crippen molar-refractivity contribution in [3.05, 3.63) is 35.6 Å². The fourth-order valence-electron chi connectivity index (χ4n) is 2.35. The van der Waals surface area contributed by atoms with Gasteiger partial charge in [0.25, 0.3) is 0 Å². The minimum absolute atomic E-state index is 0.0703. The van der Waals surface area contributed by atoms with E-state index in [4.69, 9.17) is 0 Å². The second kappa shape index (κ2) is 9.28. The van der Waals surface area contributed by atoms with Crippen molar-refractivity contribution in [3.63, 3.8) is 0 Å². The van der Waals surface area contributed by atoms with Crippen LogP contribution in [0.5, 0.6) is 0 Å². The van der Waals surface area contributed by atoms with E-state index >= 15 is 0 Å². The third-order valence-electron chi connectivity index (χ3n) is 3.96. The molecule has 0 aromatic heterocycles. The van der Waals surface area contributed by atoms with Crippen LogP contribution in [0, 0.1) is 5.82 Å². The molecule has 128 valence electrons. The molecule has 0 spiro atoms. The van der Waals surface area contributed by atoms with Crippen LogP contribution in [0.3, 0.4) is 0 Å². The van der Waals surface area contributed by atoms with E-state index in [1.165, 1.54) is 12.1 Å². The van der Waals surface area contributed by atoms with Crippen LogP contribution in [-0.2, 0) is 16.1 Å². The molecule has 4 nitrogen and oxygen atoms in total. The maximum atomic E-state index is 13.0. The quantitative estimate of drug-likeness (QED) is 0.798. The van der Waals surface area contributed by atoms with E-state index in [9.17, 15) is 14.0 Å².